The van der Waals surface area contributed by atoms with E-state index >= 15 is 0 Å². The third-order valence-electron chi connectivity index (χ3n) is 2.59. The van der Waals surface area contributed by atoms with Gasteiger partial charge in [-0.25, -0.2) is 0 Å². The molecule has 6 nitrogen and oxygen atoms in total. The fourth-order valence-electron chi connectivity index (χ4n) is 1.21. The van der Waals surface area contributed by atoms with Crippen LogP contribution in [-0.4, -0.2) is 94.7 Å². The normalized spacial score (nSPS) is 8.76. The fraction of sp³-hybridized carbons (Fsp3) is 0.864. The number of unbranched alkanes of at least 4 members (excludes halogenated alkanes) is 3. The predicted octanol–water partition coefficient (Wildman–Crippen LogP) is 2.38. The number of hydrogen-bond acceptors (Lipinski definition) is 9. The van der Waals surface area contributed by atoms with E-state index in [0.717, 1.165) is 55.8 Å². The van der Waals surface area contributed by atoms with Crippen molar-refractivity contribution in [2.24, 2.45) is 0 Å². The second-order valence-electron chi connectivity index (χ2n) is 6.83. The number of carbonyl (C=O) groups is 3. The molecule has 0 aliphatic carbocycles. The summed E-state index contributed by atoms with van der Waals surface area (Å²) in [7, 11) is 0. The molecule has 0 spiro atoms. The van der Waals surface area contributed by atoms with E-state index in [2.05, 4.69) is 40.5 Å². The zero-order valence-electron chi connectivity index (χ0n) is 21.7. The van der Waals surface area contributed by atoms with E-state index in [-0.39, 0.29) is 17.3 Å². The SMILES string of the molecule is CCCCSCC(=O)[O-].CCCCSCC(=O)[O-].CCCCSCC(=O)[O-].[CH3][Sn+3].[CH3][Sn+]([CH3])[CH3]. The number of hydrogen-bond donors (Lipinski definition) is 0. The Labute approximate surface area is 236 Å². The number of carboxylic acid groups (broad SMARTS) is 3. The van der Waals surface area contributed by atoms with Crippen molar-refractivity contribution in [2.45, 2.75) is 79.1 Å². The van der Waals surface area contributed by atoms with Gasteiger partial charge >= 0.3 is 62.0 Å². The molecule has 11 heteroatoms. The molecule has 0 saturated carbocycles. The van der Waals surface area contributed by atoms with Crippen molar-refractivity contribution in [3.05, 3.63) is 0 Å². The summed E-state index contributed by atoms with van der Waals surface area (Å²) in [6, 6.07) is 0. The average Bonchev–Trinajstić information content (AvgIpc) is 2.73. The van der Waals surface area contributed by atoms with Gasteiger partial charge in [-0.3, -0.25) is 0 Å². The quantitative estimate of drug-likeness (QED) is 0.184. The van der Waals surface area contributed by atoms with Crippen LogP contribution in [0, 0.1) is 0 Å². The second-order valence-corrected chi connectivity index (χ2v) is 18.7. The van der Waals surface area contributed by atoms with Gasteiger partial charge in [-0.15, -0.1) is 0 Å². The minimum absolute atomic E-state index is 0.139. The summed E-state index contributed by atoms with van der Waals surface area (Å²) in [6.45, 7) is 6.25. The molecular formula is C22H45O6S3Sn2+. The van der Waals surface area contributed by atoms with Gasteiger partial charge in [0.2, 0.25) is 0 Å². The third-order valence-corrected chi connectivity index (χ3v) is 5.64. The summed E-state index contributed by atoms with van der Waals surface area (Å²) < 4.78 is 0. The van der Waals surface area contributed by atoms with E-state index in [0.29, 0.717) is 0 Å². The Morgan fingerprint density at radius 2 is 0.788 bits per heavy atom. The molecule has 0 atom stereocenters. The van der Waals surface area contributed by atoms with Crippen LogP contribution >= 0.6 is 35.3 Å². The Kier molecular flexibility index (Phi) is 57.6. The van der Waals surface area contributed by atoms with Crippen LogP contribution in [-0.2, 0) is 14.4 Å². The molecule has 0 rings (SSSR count). The van der Waals surface area contributed by atoms with Crippen LogP contribution in [0.3, 0.4) is 0 Å². The Morgan fingerprint density at radius 1 is 0.606 bits per heavy atom. The van der Waals surface area contributed by atoms with E-state index in [1.165, 1.54) is 35.3 Å². The van der Waals surface area contributed by atoms with Crippen molar-refractivity contribution in [2.75, 3.05) is 34.5 Å². The van der Waals surface area contributed by atoms with Gasteiger partial charge in [0.15, 0.2) is 0 Å². The van der Waals surface area contributed by atoms with Crippen molar-refractivity contribution in [1.29, 1.82) is 0 Å². The maximum absolute atomic E-state index is 9.83. The summed E-state index contributed by atoms with van der Waals surface area (Å²) in [5, 5.41) is 29.5. The molecular weight excluding hydrogens is 694 g/mol. The summed E-state index contributed by atoms with van der Waals surface area (Å²) in [5.74, 6) is 0.336. The number of carbonyl (C=O) groups excluding carboxylic acids is 3. The number of carboxylic acids is 3. The summed E-state index contributed by atoms with van der Waals surface area (Å²) in [5.41, 5.74) is 0. The zero-order chi connectivity index (χ0) is 26.9. The molecule has 0 amide bonds. The van der Waals surface area contributed by atoms with Crippen LogP contribution in [0.1, 0.15) is 59.3 Å². The minimum atomic E-state index is -0.962. The molecule has 0 aromatic heterocycles. The first kappa shape index (κ1) is 44.1. The van der Waals surface area contributed by atoms with Crippen molar-refractivity contribution in [1.82, 2.24) is 0 Å². The van der Waals surface area contributed by atoms with E-state index in [9.17, 15) is 29.7 Å². The van der Waals surface area contributed by atoms with Gasteiger partial charge in [0, 0.05) is 17.3 Å². The molecule has 0 bridgehead atoms. The summed E-state index contributed by atoms with van der Waals surface area (Å²) in [4.78, 5) is 38.7. The van der Waals surface area contributed by atoms with Gasteiger partial charge in [-0.1, -0.05) is 40.0 Å². The van der Waals surface area contributed by atoms with Gasteiger partial charge in [0.25, 0.3) is 0 Å². The van der Waals surface area contributed by atoms with E-state index < -0.39 is 37.7 Å². The molecule has 0 aliphatic heterocycles. The van der Waals surface area contributed by atoms with Gasteiger partial charge < -0.3 is 29.7 Å². The molecule has 0 saturated heterocycles. The first-order valence-electron chi connectivity index (χ1n) is 11.1. The van der Waals surface area contributed by atoms with Crippen LogP contribution in [0.25, 0.3) is 0 Å². The fourth-order valence-corrected chi connectivity index (χ4v) is 3.62. The molecule has 0 aromatic rings. The predicted molar refractivity (Wildman–Crippen MR) is 147 cm³/mol. The van der Waals surface area contributed by atoms with Crippen LogP contribution in [0.2, 0.25) is 19.8 Å². The Bertz CT molecular complexity index is 349. The molecule has 0 aliphatic rings. The van der Waals surface area contributed by atoms with E-state index in [1.807, 2.05) is 0 Å². The number of rotatable bonds is 15. The van der Waals surface area contributed by atoms with Crippen LogP contribution in [0.15, 0.2) is 0 Å². The number of thioether (sulfide) groups is 3. The average molecular weight is 739 g/mol. The van der Waals surface area contributed by atoms with Crippen molar-refractivity contribution < 1.29 is 29.7 Å². The number of aliphatic carboxylic acids is 3. The first-order chi connectivity index (χ1) is 15.5. The molecule has 0 fully saturated rings. The van der Waals surface area contributed by atoms with Gasteiger partial charge in [-0.2, -0.15) is 35.3 Å². The molecule has 0 aromatic carbocycles. The maximum atomic E-state index is 9.83. The monoisotopic (exact) mass is 741 g/mol. The Hall–Kier alpha value is 1.06. The Balaban J connectivity index is -0.000000106. The molecule has 0 heterocycles. The zero-order valence-corrected chi connectivity index (χ0v) is 29.8. The topological polar surface area (TPSA) is 120 Å². The first-order valence-corrected chi connectivity index (χ1v) is 26.0. The van der Waals surface area contributed by atoms with Crippen molar-refractivity contribution in [3.63, 3.8) is 0 Å². The third kappa shape index (κ3) is 87.8. The van der Waals surface area contributed by atoms with E-state index in [4.69, 9.17) is 0 Å². The summed E-state index contributed by atoms with van der Waals surface area (Å²) in [6.07, 6.45) is 6.66. The molecule has 0 N–H and O–H groups in total. The van der Waals surface area contributed by atoms with Gasteiger partial charge in [0.05, 0.1) is 17.9 Å². The van der Waals surface area contributed by atoms with Crippen LogP contribution < -0.4 is 15.3 Å². The van der Waals surface area contributed by atoms with Gasteiger partial charge in [-0.05, 0) is 36.5 Å². The summed E-state index contributed by atoms with van der Waals surface area (Å²) >= 11 is 5.28. The van der Waals surface area contributed by atoms with E-state index in [1.54, 1.807) is 22.5 Å². The standard InChI is InChI=1S/3C6H12O2S.4CH3.2Sn/c3*1-2-3-4-9-5-6(7)8;;;;;;/h3*2-5H2,1H3,(H,7,8);4*1H3;;/q;;;;;;;+1;+3/p-3. The molecule has 0 unspecified atom stereocenters. The van der Waals surface area contributed by atoms with Crippen LogP contribution in [0.4, 0.5) is 0 Å². The molecule has 33 heavy (non-hydrogen) atoms. The Morgan fingerprint density at radius 3 is 0.909 bits per heavy atom. The second kappa shape index (κ2) is 43.2. The van der Waals surface area contributed by atoms with Gasteiger partial charge in [0.1, 0.15) is 0 Å². The molecule has 194 valence electrons. The van der Waals surface area contributed by atoms with Crippen LogP contribution in [0.5, 0.6) is 0 Å². The molecule has 0 radical (unpaired) electrons. The van der Waals surface area contributed by atoms with Crippen molar-refractivity contribution in [3.8, 4) is 0 Å². The van der Waals surface area contributed by atoms with Crippen molar-refractivity contribution >= 4 is 95.5 Å².